The highest BCUT2D eigenvalue weighted by atomic mass is 16.5. The van der Waals surface area contributed by atoms with Crippen molar-refractivity contribution in [1.82, 2.24) is 9.97 Å². The number of nitrogens with zero attached hydrogens (tertiary/aromatic N) is 3. The van der Waals surface area contributed by atoms with Crippen molar-refractivity contribution in [2.24, 2.45) is 0 Å². The van der Waals surface area contributed by atoms with Crippen molar-refractivity contribution in [1.29, 1.82) is 5.26 Å². The van der Waals surface area contributed by atoms with Crippen LogP contribution in [0.25, 0.3) is 0 Å². The minimum atomic E-state index is -0.136. The van der Waals surface area contributed by atoms with Crippen LogP contribution in [0, 0.1) is 18.3 Å². The number of rotatable bonds is 4. The highest BCUT2D eigenvalue weighted by Crippen LogP contribution is 2.08. The zero-order valence-corrected chi connectivity index (χ0v) is 9.02. The van der Waals surface area contributed by atoms with Crippen molar-refractivity contribution in [3.8, 4) is 12.1 Å². The molecular weight excluding hydrogens is 194 g/mol. The van der Waals surface area contributed by atoms with Gasteiger partial charge in [-0.1, -0.05) is 0 Å². The largest absolute Gasteiger partial charge is 0.458 e. The summed E-state index contributed by atoms with van der Waals surface area (Å²) in [4.78, 5) is 7.99. The van der Waals surface area contributed by atoms with E-state index in [0.29, 0.717) is 18.0 Å². The van der Waals surface area contributed by atoms with Crippen molar-refractivity contribution >= 4 is 0 Å². The van der Waals surface area contributed by atoms with Crippen LogP contribution in [0.15, 0.2) is 6.07 Å². The van der Waals surface area contributed by atoms with Crippen LogP contribution in [0.5, 0.6) is 6.01 Å². The summed E-state index contributed by atoms with van der Waals surface area (Å²) in [6.45, 7) is 4.09. The van der Waals surface area contributed by atoms with E-state index in [0.717, 1.165) is 0 Å². The van der Waals surface area contributed by atoms with E-state index >= 15 is 0 Å². The lowest BCUT2D eigenvalue weighted by atomic mass is 10.3. The third-order valence-electron chi connectivity index (χ3n) is 1.66. The summed E-state index contributed by atoms with van der Waals surface area (Å²) in [6.07, 6.45) is -0.136. The summed E-state index contributed by atoms with van der Waals surface area (Å²) in [5, 5.41) is 8.70. The van der Waals surface area contributed by atoms with E-state index in [4.69, 9.17) is 14.7 Å². The maximum atomic E-state index is 8.70. The van der Waals surface area contributed by atoms with Crippen LogP contribution in [0.3, 0.4) is 0 Å². The molecule has 80 valence electrons. The molecule has 0 aromatic carbocycles. The van der Waals surface area contributed by atoms with Crippen molar-refractivity contribution in [2.45, 2.75) is 20.0 Å². The first-order valence-corrected chi connectivity index (χ1v) is 4.57. The molecule has 1 rings (SSSR count). The second kappa shape index (κ2) is 5.27. The van der Waals surface area contributed by atoms with Crippen molar-refractivity contribution < 1.29 is 9.47 Å². The fourth-order valence-corrected chi connectivity index (χ4v) is 1.10. The van der Waals surface area contributed by atoms with Crippen LogP contribution in [0.1, 0.15) is 18.3 Å². The Labute approximate surface area is 88.7 Å². The van der Waals surface area contributed by atoms with Gasteiger partial charge in [-0.15, -0.1) is 0 Å². The Morgan fingerprint density at radius 2 is 2.27 bits per heavy atom. The zero-order valence-electron chi connectivity index (χ0n) is 9.02. The Hall–Kier alpha value is -1.67. The van der Waals surface area contributed by atoms with Crippen LogP contribution in [0.2, 0.25) is 0 Å². The average Bonchev–Trinajstić information content (AvgIpc) is 2.17. The molecule has 0 spiro atoms. The third kappa shape index (κ3) is 3.52. The normalized spacial score (nSPS) is 11.9. The van der Waals surface area contributed by atoms with Crippen molar-refractivity contribution in [2.75, 3.05) is 13.7 Å². The van der Waals surface area contributed by atoms with Gasteiger partial charge in [0.1, 0.15) is 17.9 Å². The van der Waals surface area contributed by atoms with Gasteiger partial charge in [-0.2, -0.15) is 10.2 Å². The molecule has 15 heavy (non-hydrogen) atoms. The first-order chi connectivity index (χ1) is 7.15. The Kier molecular flexibility index (Phi) is 4.01. The second-order valence-corrected chi connectivity index (χ2v) is 3.17. The summed E-state index contributed by atoms with van der Waals surface area (Å²) in [5.74, 6) is 0. The number of aryl methyl sites for hydroxylation is 1. The quantitative estimate of drug-likeness (QED) is 0.738. The molecule has 5 nitrogen and oxygen atoms in total. The summed E-state index contributed by atoms with van der Waals surface area (Å²) in [6, 6.07) is 3.77. The maximum Gasteiger partial charge on any atom is 0.318 e. The molecule has 0 N–H and O–H groups in total. The van der Waals surface area contributed by atoms with Gasteiger partial charge in [0, 0.05) is 12.8 Å². The Morgan fingerprint density at radius 1 is 1.53 bits per heavy atom. The number of hydrogen-bond donors (Lipinski definition) is 0. The van der Waals surface area contributed by atoms with E-state index in [1.54, 1.807) is 20.1 Å². The molecule has 1 unspecified atom stereocenters. The van der Waals surface area contributed by atoms with Gasteiger partial charge in [0.25, 0.3) is 0 Å². The van der Waals surface area contributed by atoms with Crippen LogP contribution in [-0.2, 0) is 4.74 Å². The zero-order chi connectivity index (χ0) is 11.3. The number of aromatic nitrogens is 2. The van der Waals surface area contributed by atoms with Gasteiger partial charge < -0.3 is 9.47 Å². The SMILES string of the molecule is COCC(C)Oc1nc(C)cc(C#N)n1. The lowest BCUT2D eigenvalue weighted by Gasteiger charge is -2.11. The highest BCUT2D eigenvalue weighted by molar-refractivity contribution is 5.23. The monoisotopic (exact) mass is 207 g/mol. The number of nitriles is 1. The van der Waals surface area contributed by atoms with Crippen LogP contribution in [0.4, 0.5) is 0 Å². The fraction of sp³-hybridized carbons (Fsp3) is 0.500. The van der Waals surface area contributed by atoms with Crippen LogP contribution in [-0.4, -0.2) is 29.8 Å². The van der Waals surface area contributed by atoms with E-state index in [2.05, 4.69) is 9.97 Å². The summed E-state index contributed by atoms with van der Waals surface area (Å²) in [7, 11) is 1.59. The molecule has 0 radical (unpaired) electrons. The molecule has 1 heterocycles. The summed E-state index contributed by atoms with van der Waals surface area (Å²) in [5.41, 5.74) is 1.02. The molecule has 0 aliphatic rings. The lowest BCUT2D eigenvalue weighted by molar-refractivity contribution is 0.0853. The average molecular weight is 207 g/mol. The fourth-order valence-electron chi connectivity index (χ4n) is 1.10. The minimum Gasteiger partial charge on any atom is -0.458 e. The van der Waals surface area contributed by atoms with Gasteiger partial charge in [0.15, 0.2) is 0 Å². The summed E-state index contributed by atoms with van der Waals surface area (Å²) < 4.78 is 10.3. The first kappa shape index (κ1) is 11.4. The smallest absolute Gasteiger partial charge is 0.318 e. The molecular formula is C10H13N3O2. The predicted molar refractivity (Wildman–Crippen MR) is 53.5 cm³/mol. The topological polar surface area (TPSA) is 68.0 Å². The molecule has 0 saturated heterocycles. The van der Waals surface area contributed by atoms with E-state index < -0.39 is 0 Å². The van der Waals surface area contributed by atoms with Crippen molar-refractivity contribution in [3.05, 3.63) is 17.5 Å². The van der Waals surface area contributed by atoms with Crippen LogP contribution < -0.4 is 4.74 Å². The van der Waals surface area contributed by atoms with E-state index in [1.807, 2.05) is 13.0 Å². The van der Waals surface area contributed by atoms with Crippen molar-refractivity contribution in [3.63, 3.8) is 0 Å². The molecule has 0 amide bonds. The van der Waals surface area contributed by atoms with Crippen LogP contribution >= 0.6 is 0 Å². The van der Waals surface area contributed by atoms with Gasteiger partial charge in [-0.3, -0.25) is 0 Å². The second-order valence-electron chi connectivity index (χ2n) is 3.17. The Balaban J connectivity index is 2.77. The molecule has 0 aliphatic heterocycles. The molecule has 1 aromatic rings. The van der Waals surface area contributed by atoms with E-state index in [1.165, 1.54) is 0 Å². The molecule has 0 fully saturated rings. The van der Waals surface area contributed by atoms with Gasteiger partial charge in [-0.05, 0) is 19.9 Å². The lowest BCUT2D eigenvalue weighted by Crippen LogP contribution is -2.19. The van der Waals surface area contributed by atoms with E-state index in [9.17, 15) is 0 Å². The molecule has 0 bridgehead atoms. The molecule has 0 aliphatic carbocycles. The molecule has 1 aromatic heterocycles. The predicted octanol–water partition coefficient (Wildman–Crippen LogP) is 1.07. The molecule has 5 heteroatoms. The maximum absolute atomic E-state index is 8.70. The number of ether oxygens (including phenoxy) is 2. The highest BCUT2D eigenvalue weighted by Gasteiger charge is 2.07. The first-order valence-electron chi connectivity index (χ1n) is 4.57. The van der Waals surface area contributed by atoms with Gasteiger partial charge in [0.2, 0.25) is 0 Å². The Bertz CT molecular complexity index is 373. The number of hydrogen-bond acceptors (Lipinski definition) is 5. The molecule has 0 saturated carbocycles. The van der Waals surface area contributed by atoms with E-state index in [-0.39, 0.29) is 12.1 Å². The summed E-state index contributed by atoms with van der Waals surface area (Å²) >= 11 is 0. The third-order valence-corrected chi connectivity index (χ3v) is 1.66. The van der Waals surface area contributed by atoms with Gasteiger partial charge in [-0.25, -0.2) is 4.98 Å². The molecule has 1 atom stereocenters. The van der Waals surface area contributed by atoms with Gasteiger partial charge >= 0.3 is 6.01 Å². The standard InChI is InChI=1S/C10H13N3O2/c1-7-4-9(5-11)13-10(12-7)15-8(2)6-14-3/h4,8H,6H2,1-3H3. The van der Waals surface area contributed by atoms with Gasteiger partial charge in [0.05, 0.1) is 6.61 Å². The Morgan fingerprint density at radius 3 is 2.87 bits per heavy atom. The number of methoxy groups -OCH3 is 1. The minimum absolute atomic E-state index is 0.136.